The molecule has 0 amide bonds. The highest BCUT2D eigenvalue weighted by Crippen LogP contribution is 2.24. The second-order valence-corrected chi connectivity index (χ2v) is 5.79. The van der Waals surface area contributed by atoms with Crippen LogP contribution in [0.1, 0.15) is 11.7 Å². The molecule has 3 aromatic rings. The fraction of sp³-hybridized carbons (Fsp3) is 0.231. The monoisotopic (exact) mass is 337 g/mol. The van der Waals surface area contributed by atoms with Gasteiger partial charge in [-0.1, -0.05) is 23.4 Å². The van der Waals surface area contributed by atoms with Crippen molar-refractivity contribution in [3.05, 3.63) is 41.0 Å². The molecule has 0 unspecified atom stereocenters. The Hall–Kier alpha value is -1.90. The lowest BCUT2D eigenvalue weighted by Crippen LogP contribution is -1.98. The number of hydrogen-bond donors (Lipinski definition) is 1. The van der Waals surface area contributed by atoms with Crippen LogP contribution >= 0.6 is 23.4 Å². The number of benzene rings is 1. The molecule has 1 N–H and O–H groups in total. The van der Waals surface area contributed by atoms with Crippen molar-refractivity contribution in [3.8, 4) is 11.5 Å². The molecule has 114 valence electrons. The van der Waals surface area contributed by atoms with Crippen LogP contribution in [0.2, 0.25) is 5.02 Å². The van der Waals surface area contributed by atoms with Crippen LogP contribution in [0.5, 0.6) is 0 Å². The Bertz CT molecular complexity index is 771. The van der Waals surface area contributed by atoms with E-state index in [9.17, 15) is 0 Å². The van der Waals surface area contributed by atoms with Gasteiger partial charge in [0.25, 0.3) is 0 Å². The van der Waals surface area contributed by atoms with Gasteiger partial charge in [0, 0.05) is 17.6 Å². The topological polar surface area (TPSA) is 89.9 Å². The summed E-state index contributed by atoms with van der Waals surface area (Å²) in [6.07, 6.45) is 0. The first-order valence-electron chi connectivity index (χ1n) is 6.37. The fourth-order valence-corrected chi connectivity index (χ4v) is 2.65. The van der Waals surface area contributed by atoms with Gasteiger partial charge in [0.2, 0.25) is 11.8 Å². The second kappa shape index (κ2) is 6.47. The molecule has 2 heterocycles. The highest BCUT2D eigenvalue weighted by molar-refractivity contribution is 7.98. The van der Waals surface area contributed by atoms with E-state index < -0.39 is 0 Å². The van der Waals surface area contributed by atoms with Crippen LogP contribution in [0.4, 0.5) is 0 Å². The van der Waals surface area contributed by atoms with Gasteiger partial charge in [-0.05, 0) is 24.3 Å². The molecule has 0 spiro atoms. The van der Waals surface area contributed by atoms with Crippen LogP contribution < -0.4 is 0 Å². The molecule has 0 bridgehead atoms. The fourth-order valence-electron chi connectivity index (χ4n) is 1.76. The molecule has 2 aromatic heterocycles. The van der Waals surface area contributed by atoms with E-state index in [-0.39, 0.29) is 6.61 Å². The molecule has 3 rings (SSSR count). The maximum Gasteiger partial charge on any atom is 0.247 e. The molecule has 0 saturated carbocycles. The van der Waals surface area contributed by atoms with E-state index in [2.05, 4.69) is 20.4 Å². The van der Waals surface area contributed by atoms with Crippen molar-refractivity contribution < 1.29 is 9.52 Å². The molecule has 0 aliphatic carbocycles. The smallest absolute Gasteiger partial charge is 0.247 e. The van der Waals surface area contributed by atoms with Crippen LogP contribution in [0.15, 0.2) is 33.8 Å². The van der Waals surface area contributed by atoms with Crippen LogP contribution in [0.3, 0.4) is 0 Å². The molecule has 9 heteroatoms. The SMILES string of the molecule is Cn1c(CO)nnc1SCc1nnc(-c2ccc(Cl)cc2)o1. The summed E-state index contributed by atoms with van der Waals surface area (Å²) >= 11 is 7.26. The normalized spacial score (nSPS) is 11.0. The zero-order chi connectivity index (χ0) is 15.5. The zero-order valence-corrected chi connectivity index (χ0v) is 13.2. The van der Waals surface area contributed by atoms with E-state index in [1.807, 2.05) is 12.1 Å². The number of aliphatic hydroxyl groups excluding tert-OH is 1. The first-order chi connectivity index (χ1) is 10.7. The minimum Gasteiger partial charge on any atom is -0.420 e. The third-order valence-corrected chi connectivity index (χ3v) is 4.21. The lowest BCUT2D eigenvalue weighted by molar-refractivity contribution is 0.266. The molecule has 0 atom stereocenters. The largest absolute Gasteiger partial charge is 0.420 e. The van der Waals surface area contributed by atoms with E-state index >= 15 is 0 Å². The minimum atomic E-state index is -0.147. The maximum absolute atomic E-state index is 9.08. The predicted octanol–water partition coefficient (Wildman–Crippen LogP) is 2.30. The van der Waals surface area contributed by atoms with Crippen LogP contribution in [0, 0.1) is 0 Å². The van der Waals surface area contributed by atoms with Crippen molar-refractivity contribution >= 4 is 23.4 Å². The van der Waals surface area contributed by atoms with E-state index in [4.69, 9.17) is 21.1 Å². The molecule has 0 fully saturated rings. The molecule has 0 radical (unpaired) electrons. The zero-order valence-electron chi connectivity index (χ0n) is 11.6. The van der Waals surface area contributed by atoms with E-state index in [1.165, 1.54) is 11.8 Å². The average Bonchev–Trinajstić information content (AvgIpc) is 3.13. The Balaban J connectivity index is 1.69. The maximum atomic E-state index is 9.08. The van der Waals surface area contributed by atoms with Gasteiger partial charge in [-0.2, -0.15) is 0 Å². The molecule has 22 heavy (non-hydrogen) atoms. The number of hydrogen-bond acceptors (Lipinski definition) is 7. The number of halogens is 1. The third kappa shape index (κ3) is 3.13. The first kappa shape index (κ1) is 15.0. The van der Waals surface area contributed by atoms with Gasteiger partial charge in [0.05, 0.1) is 5.75 Å². The van der Waals surface area contributed by atoms with Crippen molar-refractivity contribution in [1.82, 2.24) is 25.0 Å². The molecule has 7 nitrogen and oxygen atoms in total. The summed E-state index contributed by atoms with van der Waals surface area (Å²) in [5.74, 6) is 1.91. The van der Waals surface area contributed by atoms with Gasteiger partial charge in [-0.25, -0.2) is 0 Å². The van der Waals surface area contributed by atoms with Gasteiger partial charge >= 0.3 is 0 Å². The number of nitrogens with zero attached hydrogens (tertiary/aromatic N) is 5. The standard InChI is InChI=1S/C13H12ClN5O2S/c1-19-10(6-20)15-18-13(19)22-7-11-16-17-12(21-11)8-2-4-9(14)5-3-8/h2-5,20H,6-7H2,1H3. The van der Waals surface area contributed by atoms with Gasteiger partial charge in [0.15, 0.2) is 11.0 Å². The number of aromatic nitrogens is 5. The molecule has 0 aliphatic heterocycles. The van der Waals surface area contributed by atoms with Crippen molar-refractivity contribution in [1.29, 1.82) is 0 Å². The van der Waals surface area contributed by atoms with Crippen LogP contribution in [0.25, 0.3) is 11.5 Å². The third-order valence-electron chi connectivity index (χ3n) is 2.95. The van der Waals surface area contributed by atoms with Crippen LogP contribution in [-0.2, 0) is 19.4 Å². The number of rotatable bonds is 5. The van der Waals surface area contributed by atoms with E-state index in [0.29, 0.717) is 33.5 Å². The summed E-state index contributed by atoms with van der Waals surface area (Å²) in [7, 11) is 1.79. The molecule has 0 saturated heterocycles. The highest BCUT2D eigenvalue weighted by Gasteiger charge is 2.12. The molecule has 0 aliphatic rings. The van der Waals surface area contributed by atoms with Gasteiger partial charge < -0.3 is 14.1 Å². The molecular weight excluding hydrogens is 326 g/mol. The molecular formula is C13H12ClN5O2S. The van der Waals surface area contributed by atoms with Crippen molar-refractivity contribution in [3.63, 3.8) is 0 Å². The highest BCUT2D eigenvalue weighted by atomic mass is 35.5. The lowest BCUT2D eigenvalue weighted by atomic mass is 10.2. The van der Waals surface area contributed by atoms with E-state index in [1.54, 1.807) is 23.7 Å². The summed E-state index contributed by atoms with van der Waals surface area (Å²) in [6, 6.07) is 7.18. The Morgan fingerprint density at radius 3 is 2.64 bits per heavy atom. The summed E-state index contributed by atoms with van der Waals surface area (Å²) in [4.78, 5) is 0. The summed E-state index contributed by atoms with van der Waals surface area (Å²) < 4.78 is 7.33. The van der Waals surface area contributed by atoms with Gasteiger partial charge in [-0.3, -0.25) is 0 Å². The first-order valence-corrected chi connectivity index (χ1v) is 7.74. The van der Waals surface area contributed by atoms with Crippen LogP contribution in [-0.4, -0.2) is 30.1 Å². The van der Waals surface area contributed by atoms with Gasteiger partial charge in [0.1, 0.15) is 6.61 Å². The Labute approximate surface area is 135 Å². The van der Waals surface area contributed by atoms with Gasteiger partial charge in [-0.15, -0.1) is 20.4 Å². The quantitative estimate of drug-likeness (QED) is 0.714. The second-order valence-electron chi connectivity index (χ2n) is 4.41. The summed E-state index contributed by atoms with van der Waals surface area (Å²) in [5, 5.41) is 26.3. The summed E-state index contributed by atoms with van der Waals surface area (Å²) in [6.45, 7) is -0.147. The minimum absolute atomic E-state index is 0.147. The number of aliphatic hydroxyl groups is 1. The lowest BCUT2D eigenvalue weighted by Gasteiger charge is -1.99. The number of thioether (sulfide) groups is 1. The molecule has 1 aromatic carbocycles. The van der Waals surface area contributed by atoms with Crippen molar-refractivity contribution in [2.45, 2.75) is 17.5 Å². The Morgan fingerprint density at radius 1 is 1.18 bits per heavy atom. The van der Waals surface area contributed by atoms with Crippen molar-refractivity contribution in [2.24, 2.45) is 7.05 Å². The predicted molar refractivity (Wildman–Crippen MR) is 81.2 cm³/mol. The summed E-state index contributed by atoms with van der Waals surface area (Å²) in [5.41, 5.74) is 0.814. The van der Waals surface area contributed by atoms with Crippen molar-refractivity contribution in [2.75, 3.05) is 0 Å². The van der Waals surface area contributed by atoms with E-state index in [0.717, 1.165) is 5.56 Å². The Morgan fingerprint density at radius 2 is 1.95 bits per heavy atom. The Kier molecular flexibility index (Phi) is 4.41. The average molecular weight is 338 g/mol.